The van der Waals surface area contributed by atoms with E-state index >= 15 is 0 Å². The smallest absolute Gasteiger partial charge is 0.141 e. The van der Waals surface area contributed by atoms with Gasteiger partial charge in [0, 0.05) is 32.3 Å². The summed E-state index contributed by atoms with van der Waals surface area (Å²) >= 11 is 0. The van der Waals surface area contributed by atoms with Crippen molar-refractivity contribution < 1.29 is 4.39 Å². The van der Waals surface area contributed by atoms with E-state index in [0.29, 0.717) is 0 Å². The van der Waals surface area contributed by atoms with Gasteiger partial charge in [-0.1, -0.05) is 6.92 Å². The summed E-state index contributed by atoms with van der Waals surface area (Å²) in [5.74, 6) is -0.299. The quantitative estimate of drug-likeness (QED) is 0.868. The van der Waals surface area contributed by atoms with Gasteiger partial charge in [0.05, 0.1) is 17.6 Å². The van der Waals surface area contributed by atoms with Gasteiger partial charge in [-0.2, -0.15) is 5.10 Å². The Kier molecular flexibility index (Phi) is 4.63. The maximum absolute atomic E-state index is 12.8. The minimum atomic E-state index is -0.299. The van der Waals surface area contributed by atoms with Crippen LogP contribution in [0.3, 0.4) is 0 Å². The molecule has 1 N–H and O–H groups in total. The third-order valence-electron chi connectivity index (χ3n) is 3.06. The van der Waals surface area contributed by atoms with Gasteiger partial charge in [-0.25, -0.2) is 4.39 Å². The fraction of sp³-hybridized carbons (Fsp3) is 0.429. The molecule has 0 fully saturated rings. The number of halogens is 1. The molecule has 0 aliphatic carbocycles. The predicted octanol–water partition coefficient (Wildman–Crippen LogP) is 2.24. The lowest BCUT2D eigenvalue weighted by Gasteiger charge is -2.15. The van der Waals surface area contributed by atoms with Crippen LogP contribution >= 0.6 is 0 Å². The van der Waals surface area contributed by atoms with Crippen molar-refractivity contribution in [1.82, 2.24) is 20.1 Å². The summed E-state index contributed by atoms with van der Waals surface area (Å²) in [6.07, 6.45) is 4.99. The van der Waals surface area contributed by atoms with Crippen molar-refractivity contribution in [2.24, 2.45) is 7.05 Å². The van der Waals surface area contributed by atoms with E-state index < -0.39 is 0 Å². The predicted molar refractivity (Wildman–Crippen MR) is 72.1 cm³/mol. The topological polar surface area (TPSA) is 42.7 Å². The summed E-state index contributed by atoms with van der Waals surface area (Å²) < 4.78 is 14.6. The zero-order valence-electron chi connectivity index (χ0n) is 11.3. The molecule has 0 radical (unpaired) electrons. The standard InChI is InChI=1S/C14H19FN4/c1-3-13(14-5-4-11(15)10-17-14)16-8-6-12-7-9-19(2)18-12/h4-5,7,9-10,13,16H,3,6,8H2,1-2H3. The molecule has 2 aromatic heterocycles. The van der Waals surface area contributed by atoms with Crippen LogP contribution in [0, 0.1) is 5.82 Å². The zero-order chi connectivity index (χ0) is 13.7. The first-order valence-electron chi connectivity index (χ1n) is 6.52. The molecule has 0 aliphatic heterocycles. The molecule has 0 saturated heterocycles. The van der Waals surface area contributed by atoms with Crippen LogP contribution in [0.2, 0.25) is 0 Å². The molecule has 2 rings (SSSR count). The highest BCUT2D eigenvalue weighted by Gasteiger charge is 2.10. The average Bonchev–Trinajstić information content (AvgIpc) is 2.82. The van der Waals surface area contributed by atoms with Gasteiger partial charge in [0.2, 0.25) is 0 Å². The number of rotatable bonds is 6. The van der Waals surface area contributed by atoms with E-state index in [1.807, 2.05) is 19.3 Å². The number of aryl methyl sites for hydroxylation is 1. The highest BCUT2D eigenvalue weighted by atomic mass is 19.1. The van der Waals surface area contributed by atoms with Gasteiger partial charge < -0.3 is 5.32 Å². The molecule has 0 spiro atoms. The molecule has 1 unspecified atom stereocenters. The molecule has 4 nitrogen and oxygen atoms in total. The second kappa shape index (κ2) is 6.43. The summed E-state index contributed by atoms with van der Waals surface area (Å²) in [6.45, 7) is 2.91. The van der Waals surface area contributed by atoms with Gasteiger partial charge in [0.15, 0.2) is 0 Å². The van der Waals surface area contributed by atoms with Crippen LogP contribution in [0.5, 0.6) is 0 Å². The van der Waals surface area contributed by atoms with Crippen molar-refractivity contribution in [3.63, 3.8) is 0 Å². The number of nitrogens with zero attached hydrogens (tertiary/aromatic N) is 3. The third-order valence-corrected chi connectivity index (χ3v) is 3.06. The molecule has 0 bridgehead atoms. The van der Waals surface area contributed by atoms with Gasteiger partial charge >= 0.3 is 0 Å². The Morgan fingerprint density at radius 3 is 2.79 bits per heavy atom. The monoisotopic (exact) mass is 262 g/mol. The van der Waals surface area contributed by atoms with Crippen molar-refractivity contribution in [1.29, 1.82) is 0 Å². The van der Waals surface area contributed by atoms with Crippen molar-refractivity contribution in [3.8, 4) is 0 Å². The lowest BCUT2D eigenvalue weighted by molar-refractivity contribution is 0.505. The fourth-order valence-electron chi connectivity index (χ4n) is 2.02. The first-order valence-corrected chi connectivity index (χ1v) is 6.52. The van der Waals surface area contributed by atoms with Gasteiger partial charge in [-0.05, 0) is 24.6 Å². The number of hydrogen-bond donors (Lipinski definition) is 1. The maximum atomic E-state index is 12.8. The molecule has 0 aliphatic rings. The second-order valence-electron chi connectivity index (χ2n) is 4.55. The van der Waals surface area contributed by atoms with E-state index in [-0.39, 0.29) is 11.9 Å². The number of hydrogen-bond acceptors (Lipinski definition) is 3. The molecule has 5 heteroatoms. The van der Waals surface area contributed by atoms with E-state index in [4.69, 9.17) is 0 Å². The van der Waals surface area contributed by atoms with Crippen molar-refractivity contribution in [2.75, 3.05) is 6.54 Å². The van der Waals surface area contributed by atoms with E-state index in [1.54, 1.807) is 10.7 Å². The molecule has 2 aromatic rings. The summed E-state index contributed by atoms with van der Waals surface area (Å²) in [5.41, 5.74) is 1.95. The number of nitrogens with one attached hydrogen (secondary N) is 1. The summed E-state index contributed by atoms with van der Waals surface area (Å²) in [6, 6.07) is 5.35. The highest BCUT2D eigenvalue weighted by Crippen LogP contribution is 2.14. The van der Waals surface area contributed by atoms with Gasteiger partial charge in [0.1, 0.15) is 5.82 Å². The SMILES string of the molecule is CCC(NCCc1ccn(C)n1)c1ccc(F)cn1. The Hall–Kier alpha value is -1.75. The van der Waals surface area contributed by atoms with Crippen LogP contribution < -0.4 is 5.32 Å². The molecular formula is C14H19FN4. The lowest BCUT2D eigenvalue weighted by Crippen LogP contribution is -2.24. The summed E-state index contributed by atoms with van der Waals surface area (Å²) in [5, 5.41) is 7.76. The van der Waals surface area contributed by atoms with Gasteiger partial charge in [-0.15, -0.1) is 0 Å². The van der Waals surface area contributed by atoms with Crippen LogP contribution in [0.4, 0.5) is 4.39 Å². The van der Waals surface area contributed by atoms with Crippen LogP contribution in [0.25, 0.3) is 0 Å². The Labute approximate surface area is 112 Å². The molecule has 102 valence electrons. The zero-order valence-corrected chi connectivity index (χ0v) is 11.3. The first-order chi connectivity index (χ1) is 9.19. The second-order valence-corrected chi connectivity index (χ2v) is 4.55. The van der Waals surface area contributed by atoms with E-state index in [2.05, 4.69) is 22.3 Å². The number of pyridine rings is 1. The van der Waals surface area contributed by atoms with Crippen LogP contribution in [0.1, 0.15) is 30.8 Å². The van der Waals surface area contributed by atoms with Crippen LogP contribution in [0.15, 0.2) is 30.6 Å². The van der Waals surface area contributed by atoms with Crippen molar-refractivity contribution >= 4 is 0 Å². The van der Waals surface area contributed by atoms with E-state index in [0.717, 1.165) is 30.8 Å². The minimum absolute atomic E-state index is 0.157. The molecule has 2 heterocycles. The van der Waals surface area contributed by atoms with Crippen molar-refractivity contribution in [2.45, 2.75) is 25.8 Å². The van der Waals surface area contributed by atoms with E-state index in [1.165, 1.54) is 12.3 Å². The Balaban J connectivity index is 1.87. The van der Waals surface area contributed by atoms with Crippen LogP contribution in [-0.2, 0) is 13.5 Å². The Morgan fingerprint density at radius 2 is 2.21 bits per heavy atom. The Bertz CT molecular complexity index is 506. The molecule has 0 aromatic carbocycles. The van der Waals surface area contributed by atoms with E-state index in [9.17, 15) is 4.39 Å². The fourth-order valence-corrected chi connectivity index (χ4v) is 2.02. The van der Waals surface area contributed by atoms with Crippen molar-refractivity contribution in [3.05, 3.63) is 47.8 Å². The summed E-state index contributed by atoms with van der Waals surface area (Å²) in [7, 11) is 1.91. The number of aromatic nitrogens is 3. The van der Waals surface area contributed by atoms with Crippen LogP contribution in [-0.4, -0.2) is 21.3 Å². The average molecular weight is 262 g/mol. The summed E-state index contributed by atoms with van der Waals surface area (Å²) in [4.78, 5) is 4.12. The van der Waals surface area contributed by atoms with Gasteiger partial charge in [-0.3, -0.25) is 9.67 Å². The lowest BCUT2D eigenvalue weighted by atomic mass is 10.1. The third kappa shape index (κ3) is 3.86. The molecule has 0 amide bonds. The molecule has 19 heavy (non-hydrogen) atoms. The minimum Gasteiger partial charge on any atom is -0.308 e. The van der Waals surface area contributed by atoms with Gasteiger partial charge in [0.25, 0.3) is 0 Å². The maximum Gasteiger partial charge on any atom is 0.141 e. The first kappa shape index (κ1) is 13.7. The molecule has 0 saturated carbocycles. The largest absolute Gasteiger partial charge is 0.308 e. The highest BCUT2D eigenvalue weighted by molar-refractivity contribution is 5.10. The molecular weight excluding hydrogens is 243 g/mol. The Morgan fingerprint density at radius 1 is 1.37 bits per heavy atom. The molecule has 1 atom stereocenters. The normalized spacial score (nSPS) is 12.6.